The Morgan fingerprint density at radius 1 is 1.00 bits per heavy atom. The number of nitrogens with zero attached hydrogens (tertiary/aromatic N) is 5. The second-order valence-corrected chi connectivity index (χ2v) is 10.1. The van der Waals surface area contributed by atoms with E-state index in [1.165, 1.54) is 9.13 Å². The summed E-state index contributed by atoms with van der Waals surface area (Å²) < 4.78 is 4.63. The minimum absolute atomic E-state index is 0.0925. The number of hydrogen-bond acceptors (Lipinski definition) is 4. The first-order valence-corrected chi connectivity index (χ1v) is 11.9. The van der Waals surface area contributed by atoms with Crippen LogP contribution in [0.25, 0.3) is 11.2 Å². The third kappa shape index (κ3) is 3.73. The van der Waals surface area contributed by atoms with Crippen LogP contribution in [0.15, 0.2) is 46.0 Å². The van der Waals surface area contributed by atoms with E-state index in [0.29, 0.717) is 33.7 Å². The van der Waals surface area contributed by atoms with Gasteiger partial charge in [0.25, 0.3) is 5.56 Å². The maximum atomic E-state index is 13.7. The summed E-state index contributed by atoms with van der Waals surface area (Å²) >= 11 is 12.2. The monoisotopic (exact) mass is 497 g/mol. The van der Waals surface area contributed by atoms with Crippen LogP contribution in [0.2, 0.25) is 10.0 Å². The Labute approximate surface area is 206 Å². The first-order chi connectivity index (χ1) is 16.1. The van der Waals surface area contributed by atoms with E-state index < -0.39 is 5.69 Å². The molecule has 0 saturated heterocycles. The average molecular weight is 498 g/mol. The van der Waals surface area contributed by atoms with Gasteiger partial charge in [-0.2, -0.15) is 4.98 Å². The van der Waals surface area contributed by atoms with Gasteiger partial charge >= 0.3 is 5.69 Å². The van der Waals surface area contributed by atoms with Crippen molar-refractivity contribution in [2.75, 3.05) is 11.4 Å². The molecule has 2 aromatic heterocycles. The van der Waals surface area contributed by atoms with Crippen LogP contribution in [0.1, 0.15) is 23.6 Å². The first kappa shape index (κ1) is 22.7. The van der Waals surface area contributed by atoms with Crippen molar-refractivity contribution < 1.29 is 0 Å². The molecule has 0 saturated carbocycles. The van der Waals surface area contributed by atoms with Gasteiger partial charge in [0.1, 0.15) is 0 Å². The van der Waals surface area contributed by atoms with Crippen LogP contribution in [-0.4, -0.2) is 25.2 Å². The molecular weight excluding hydrogens is 473 g/mol. The number of anilines is 2. The van der Waals surface area contributed by atoms with E-state index in [1.807, 2.05) is 4.57 Å². The molecule has 0 spiro atoms. The lowest BCUT2D eigenvalue weighted by Gasteiger charge is -2.33. The highest BCUT2D eigenvalue weighted by molar-refractivity contribution is 6.42. The molecule has 176 valence electrons. The van der Waals surface area contributed by atoms with Crippen LogP contribution >= 0.6 is 23.2 Å². The van der Waals surface area contributed by atoms with Crippen LogP contribution in [0.3, 0.4) is 0 Å². The molecule has 2 aromatic carbocycles. The summed E-state index contributed by atoms with van der Waals surface area (Å²) in [5, 5.41) is 0.802. The Hall–Kier alpha value is -3.03. The van der Waals surface area contributed by atoms with Gasteiger partial charge in [-0.25, -0.2) is 4.79 Å². The van der Waals surface area contributed by atoms with Crippen LogP contribution in [0, 0.1) is 19.8 Å². The predicted octanol–water partition coefficient (Wildman–Crippen LogP) is 4.66. The molecule has 0 amide bonds. The number of aryl methyl sites for hydroxylation is 3. The van der Waals surface area contributed by atoms with Crippen molar-refractivity contribution >= 4 is 46.0 Å². The minimum atomic E-state index is -0.426. The molecule has 0 aliphatic carbocycles. The van der Waals surface area contributed by atoms with Crippen molar-refractivity contribution in [2.45, 2.75) is 33.9 Å². The summed E-state index contributed by atoms with van der Waals surface area (Å²) in [4.78, 5) is 33.8. The molecule has 5 rings (SSSR count). The number of fused-ring (bicyclic) bond motifs is 3. The fourth-order valence-electron chi connectivity index (χ4n) is 4.79. The van der Waals surface area contributed by atoms with Gasteiger partial charge in [0.15, 0.2) is 11.2 Å². The summed E-state index contributed by atoms with van der Waals surface area (Å²) in [6.45, 7) is 7.80. The molecule has 0 radical (unpaired) electrons. The van der Waals surface area contributed by atoms with Gasteiger partial charge in [0.05, 0.1) is 16.6 Å². The van der Waals surface area contributed by atoms with Gasteiger partial charge in [-0.05, 0) is 60.7 Å². The van der Waals surface area contributed by atoms with Gasteiger partial charge < -0.3 is 9.47 Å². The standard InChI is InChI=1S/C25H25Cl2N5O2/c1-14-7-15(2)9-18(8-14)30-11-16(3)12-31-21-22(28-24(30)31)29(4)25(34)32(23(21)33)13-17-5-6-19(26)20(27)10-17/h5-10,16H,11-13H2,1-4H3/t16-/m1/s1. The van der Waals surface area contributed by atoms with E-state index in [-0.39, 0.29) is 18.0 Å². The van der Waals surface area contributed by atoms with E-state index in [1.54, 1.807) is 25.2 Å². The molecule has 3 heterocycles. The summed E-state index contributed by atoms with van der Waals surface area (Å²) in [6.07, 6.45) is 0. The third-order valence-corrected chi connectivity index (χ3v) is 7.02. The van der Waals surface area contributed by atoms with Gasteiger partial charge in [0, 0.05) is 25.8 Å². The van der Waals surface area contributed by atoms with Crippen LogP contribution in [0.4, 0.5) is 11.6 Å². The largest absolute Gasteiger partial charge is 0.332 e. The molecule has 34 heavy (non-hydrogen) atoms. The van der Waals surface area contributed by atoms with Gasteiger partial charge in [-0.1, -0.05) is 42.3 Å². The van der Waals surface area contributed by atoms with Gasteiger partial charge in [-0.15, -0.1) is 0 Å². The Kier molecular flexibility index (Phi) is 5.57. The van der Waals surface area contributed by atoms with E-state index >= 15 is 0 Å². The zero-order valence-corrected chi connectivity index (χ0v) is 21.0. The maximum Gasteiger partial charge on any atom is 0.332 e. The molecule has 0 unspecified atom stereocenters. The first-order valence-electron chi connectivity index (χ1n) is 11.1. The van der Waals surface area contributed by atoms with Crippen molar-refractivity contribution in [1.82, 2.24) is 18.7 Å². The van der Waals surface area contributed by atoms with Crippen LogP contribution < -0.4 is 16.1 Å². The van der Waals surface area contributed by atoms with Crippen molar-refractivity contribution in [1.29, 1.82) is 0 Å². The molecule has 0 bridgehead atoms. The SMILES string of the molecule is Cc1cc(C)cc(N2C[C@@H](C)Cn3c2nc2c3c(=O)n(Cc3ccc(Cl)c(Cl)c3)c(=O)n2C)c1. The summed E-state index contributed by atoms with van der Waals surface area (Å²) in [5.41, 5.74) is 4.09. The Morgan fingerprint density at radius 3 is 2.38 bits per heavy atom. The summed E-state index contributed by atoms with van der Waals surface area (Å²) in [5.74, 6) is 0.961. The van der Waals surface area contributed by atoms with Gasteiger partial charge in [-0.3, -0.25) is 13.9 Å². The summed E-state index contributed by atoms with van der Waals surface area (Å²) in [6, 6.07) is 11.5. The average Bonchev–Trinajstić information content (AvgIpc) is 3.16. The maximum absolute atomic E-state index is 13.7. The Balaban J connectivity index is 1.71. The highest BCUT2D eigenvalue weighted by atomic mass is 35.5. The fraction of sp³-hybridized carbons (Fsp3) is 0.320. The second kappa shape index (κ2) is 8.32. The molecule has 1 aliphatic rings. The number of rotatable bonds is 3. The Bertz CT molecular complexity index is 1550. The molecular formula is C25H25Cl2N5O2. The van der Waals surface area contributed by atoms with Crippen molar-refractivity contribution in [3.63, 3.8) is 0 Å². The lowest BCUT2D eigenvalue weighted by Crippen LogP contribution is -2.40. The molecule has 1 atom stereocenters. The van der Waals surface area contributed by atoms with E-state index in [9.17, 15) is 9.59 Å². The highest BCUT2D eigenvalue weighted by Gasteiger charge is 2.30. The van der Waals surface area contributed by atoms with Crippen molar-refractivity contribution in [2.24, 2.45) is 13.0 Å². The minimum Gasteiger partial charge on any atom is -0.312 e. The second-order valence-electron chi connectivity index (χ2n) is 9.24. The quantitative estimate of drug-likeness (QED) is 0.412. The smallest absolute Gasteiger partial charge is 0.312 e. The number of aromatic nitrogens is 4. The normalized spacial score (nSPS) is 15.7. The van der Waals surface area contributed by atoms with Crippen molar-refractivity contribution in [3.05, 3.63) is 84.0 Å². The Morgan fingerprint density at radius 2 is 1.71 bits per heavy atom. The van der Waals surface area contributed by atoms with Crippen LogP contribution in [-0.2, 0) is 20.1 Å². The lowest BCUT2D eigenvalue weighted by atomic mass is 10.1. The van der Waals surface area contributed by atoms with Gasteiger partial charge in [0.2, 0.25) is 5.95 Å². The van der Waals surface area contributed by atoms with E-state index in [4.69, 9.17) is 28.2 Å². The lowest BCUT2D eigenvalue weighted by molar-refractivity contribution is 0.458. The predicted molar refractivity (Wildman–Crippen MR) is 137 cm³/mol. The molecule has 7 nitrogen and oxygen atoms in total. The molecule has 0 fully saturated rings. The molecule has 1 aliphatic heterocycles. The summed E-state index contributed by atoms with van der Waals surface area (Å²) in [7, 11) is 1.65. The third-order valence-electron chi connectivity index (χ3n) is 6.29. The van der Waals surface area contributed by atoms with Crippen molar-refractivity contribution in [3.8, 4) is 0 Å². The van der Waals surface area contributed by atoms with Crippen LogP contribution in [0.5, 0.6) is 0 Å². The number of hydrogen-bond donors (Lipinski definition) is 0. The molecule has 4 aromatic rings. The highest BCUT2D eigenvalue weighted by Crippen LogP contribution is 2.33. The van der Waals surface area contributed by atoms with E-state index in [0.717, 1.165) is 28.9 Å². The number of benzene rings is 2. The zero-order valence-electron chi connectivity index (χ0n) is 19.5. The number of imidazole rings is 1. The topological polar surface area (TPSA) is 65.1 Å². The fourth-order valence-corrected chi connectivity index (χ4v) is 5.11. The zero-order chi connectivity index (χ0) is 24.3. The molecule has 9 heteroatoms. The van der Waals surface area contributed by atoms with E-state index in [2.05, 4.69) is 43.9 Å². The molecule has 0 N–H and O–H groups in total. The number of halogens is 2.